The molecule has 0 aliphatic carbocycles. The standard InChI is InChI=1S/C23H30N6S/c1-4-21-27-20(15-30-21)14-29-10-7-18(8-11-29)12-25-22-16(2)17(3)26-23(28-22)19-6-5-9-24-13-19/h5-6,9,13,15,18H,4,7-8,10-12,14H2,1-3H3,(H,25,26,28). The Morgan fingerprint density at radius 1 is 1.17 bits per heavy atom. The largest absolute Gasteiger partial charge is 0.369 e. The van der Waals surface area contributed by atoms with E-state index in [1.807, 2.05) is 25.3 Å². The van der Waals surface area contributed by atoms with E-state index in [0.29, 0.717) is 5.92 Å². The molecule has 0 bridgehead atoms. The van der Waals surface area contributed by atoms with Gasteiger partial charge in [0.15, 0.2) is 5.82 Å². The third-order valence-electron chi connectivity index (χ3n) is 5.86. The van der Waals surface area contributed by atoms with Crippen molar-refractivity contribution in [1.29, 1.82) is 0 Å². The first-order chi connectivity index (χ1) is 14.6. The fourth-order valence-corrected chi connectivity index (χ4v) is 4.56. The number of pyridine rings is 1. The molecule has 0 spiro atoms. The molecule has 30 heavy (non-hydrogen) atoms. The lowest BCUT2D eigenvalue weighted by atomic mass is 9.96. The summed E-state index contributed by atoms with van der Waals surface area (Å²) < 4.78 is 0. The number of piperidine rings is 1. The third-order valence-corrected chi connectivity index (χ3v) is 6.90. The summed E-state index contributed by atoms with van der Waals surface area (Å²) in [7, 11) is 0. The van der Waals surface area contributed by atoms with Gasteiger partial charge in [0.1, 0.15) is 5.82 Å². The van der Waals surface area contributed by atoms with Crippen LogP contribution in [0.5, 0.6) is 0 Å². The Hall–Kier alpha value is -2.38. The van der Waals surface area contributed by atoms with Crippen LogP contribution >= 0.6 is 11.3 Å². The van der Waals surface area contributed by atoms with Crippen LogP contribution in [0, 0.1) is 19.8 Å². The van der Waals surface area contributed by atoms with Crippen LogP contribution in [0.3, 0.4) is 0 Å². The zero-order valence-corrected chi connectivity index (χ0v) is 18.9. The molecule has 4 rings (SSSR count). The number of thiazole rings is 1. The highest BCUT2D eigenvalue weighted by molar-refractivity contribution is 7.09. The van der Waals surface area contributed by atoms with Crippen LogP contribution in [-0.4, -0.2) is 44.5 Å². The molecule has 1 saturated heterocycles. The molecule has 1 aliphatic heterocycles. The zero-order valence-electron chi connectivity index (χ0n) is 18.1. The molecule has 1 fully saturated rings. The van der Waals surface area contributed by atoms with E-state index in [9.17, 15) is 0 Å². The van der Waals surface area contributed by atoms with Crippen LogP contribution in [0.2, 0.25) is 0 Å². The van der Waals surface area contributed by atoms with Gasteiger partial charge in [0.25, 0.3) is 0 Å². The molecule has 0 amide bonds. The molecule has 0 radical (unpaired) electrons. The van der Waals surface area contributed by atoms with E-state index >= 15 is 0 Å². The van der Waals surface area contributed by atoms with E-state index in [-0.39, 0.29) is 0 Å². The van der Waals surface area contributed by atoms with E-state index in [4.69, 9.17) is 9.97 Å². The van der Waals surface area contributed by atoms with Crippen molar-refractivity contribution in [2.45, 2.75) is 46.6 Å². The summed E-state index contributed by atoms with van der Waals surface area (Å²) in [6, 6.07) is 3.92. The summed E-state index contributed by atoms with van der Waals surface area (Å²) in [4.78, 5) is 20.9. The van der Waals surface area contributed by atoms with Crippen LogP contribution < -0.4 is 5.32 Å². The smallest absolute Gasteiger partial charge is 0.163 e. The van der Waals surface area contributed by atoms with Gasteiger partial charge in [-0.15, -0.1) is 11.3 Å². The third kappa shape index (κ3) is 5.02. The van der Waals surface area contributed by atoms with Crippen LogP contribution in [0.4, 0.5) is 5.82 Å². The van der Waals surface area contributed by atoms with Gasteiger partial charge >= 0.3 is 0 Å². The van der Waals surface area contributed by atoms with Crippen molar-refractivity contribution < 1.29 is 0 Å². The molecule has 3 aromatic rings. The van der Waals surface area contributed by atoms with Crippen molar-refractivity contribution >= 4 is 17.2 Å². The highest BCUT2D eigenvalue weighted by Gasteiger charge is 2.20. The number of hydrogen-bond acceptors (Lipinski definition) is 7. The first-order valence-corrected chi connectivity index (χ1v) is 11.7. The van der Waals surface area contributed by atoms with Crippen LogP contribution in [0.25, 0.3) is 11.4 Å². The average Bonchev–Trinajstić information content (AvgIpc) is 3.24. The number of rotatable bonds is 7. The first kappa shape index (κ1) is 20.9. The van der Waals surface area contributed by atoms with Crippen molar-refractivity contribution in [3.63, 3.8) is 0 Å². The Balaban J connectivity index is 1.32. The van der Waals surface area contributed by atoms with E-state index in [1.54, 1.807) is 17.5 Å². The van der Waals surface area contributed by atoms with Gasteiger partial charge in [-0.2, -0.15) is 0 Å². The number of nitrogens with one attached hydrogen (secondary N) is 1. The monoisotopic (exact) mass is 422 g/mol. The fourth-order valence-electron chi connectivity index (χ4n) is 3.83. The highest BCUT2D eigenvalue weighted by atomic mass is 32.1. The number of hydrogen-bond donors (Lipinski definition) is 1. The Bertz CT molecular complexity index is 963. The number of anilines is 1. The predicted octanol–water partition coefficient (Wildman–Crippen LogP) is 4.50. The van der Waals surface area contributed by atoms with Crippen molar-refractivity contribution in [2.75, 3.05) is 25.0 Å². The zero-order chi connectivity index (χ0) is 20.9. The van der Waals surface area contributed by atoms with Gasteiger partial charge < -0.3 is 5.32 Å². The average molecular weight is 423 g/mol. The topological polar surface area (TPSA) is 66.8 Å². The second-order valence-electron chi connectivity index (χ2n) is 8.03. The van der Waals surface area contributed by atoms with E-state index in [0.717, 1.165) is 61.1 Å². The molecule has 158 valence electrons. The molecule has 6 nitrogen and oxygen atoms in total. The molecule has 1 N–H and O–H groups in total. The SMILES string of the molecule is CCc1nc(CN2CCC(CNc3nc(-c4cccnc4)nc(C)c3C)CC2)cs1. The Kier molecular flexibility index (Phi) is 6.69. The number of nitrogens with zero attached hydrogens (tertiary/aromatic N) is 5. The van der Waals surface area contributed by atoms with E-state index < -0.39 is 0 Å². The second kappa shape index (κ2) is 9.62. The molecule has 0 aromatic carbocycles. The van der Waals surface area contributed by atoms with E-state index in [1.165, 1.54) is 23.5 Å². The summed E-state index contributed by atoms with van der Waals surface area (Å²) in [6.45, 7) is 10.5. The van der Waals surface area contributed by atoms with Crippen molar-refractivity contribution in [3.8, 4) is 11.4 Å². The molecule has 0 atom stereocenters. The Labute approximate surface area is 182 Å². The summed E-state index contributed by atoms with van der Waals surface area (Å²) in [5.74, 6) is 2.34. The van der Waals surface area contributed by atoms with Crippen molar-refractivity contribution in [2.24, 2.45) is 5.92 Å². The van der Waals surface area contributed by atoms with Gasteiger partial charge in [0.2, 0.25) is 0 Å². The van der Waals surface area contributed by atoms with Crippen molar-refractivity contribution in [1.82, 2.24) is 24.8 Å². The van der Waals surface area contributed by atoms with Gasteiger partial charge in [-0.1, -0.05) is 6.92 Å². The maximum Gasteiger partial charge on any atom is 0.163 e. The molecule has 4 heterocycles. The number of aromatic nitrogens is 4. The van der Waals surface area contributed by atoms with Crippen LogP contribution in [0.1, 0.15) is 41.7 Å². The quantitative estimate of drug-likeness (QED) is 0.605. The number of likely N-dealkylation sites (tertiary alicyclic amines) is 1. The first-order valence-electron chi connectivity index (χ1n) is 10.8. The summed E-state index contributed by atoms with van der Waals surface area (Å²) >= 11 is 1.78. The summed E-state index contributed by atoms with van der Waals surface area (Å²) in [6.07, 6.45) is 7.03. The maximum absolute atomic E-state index is 4.79. The van der Waals surface area contributed by atoms with E-state index in [2.05, 4.69) is 39.4 Å². The maximum atomic E-state index is 4.79. The Morgan fingerprint density at radius 2 is 2.00 bits per heavy atom. The summed E-state index contributed by atoms with van der Waals surface area (Å²) in [5, 5.41) is 7.06. The van der Waals surface area contributed by atoms with Crippen LogP contribution in [0.15, 0.2) is 29.9 Å². The normalized spacial score (nSPS) is 15.4. The van der Waals surface area contributed by atoms with Gasteiger partial charge in [-0.25, -0.2) is 15.0 Å². The molecular weight excluding hydrogens is 392 g/mol. The van der Waals surface area contributed by atoms with Gasteiger partial charge in [0.05, 0.1) is 10.7 Å². The van der Waals surface area contributed by atoms with Gasteiger partial charge in [0, 0.05) is 47.7 Å². The molecular formula is C23H30N6S. The minimum absolute atomic E-state index is 0.666. The molecule has 3 aromatic heterocycles. The highest BCUT2D eigenvalue weighted by Crippen LogP contribution is 2.24. The Morgan fingerprint density at radius 3 is 2.70 bits per heavy atom. The van der Waals surface area contributed by atoms with Crippen molar-refractivity contribution in [3.05, 3.63) is 51.9 Å². The second-order valence-corrected chi connectivity index (χ2v) is 8.98. The van der Waals surface area contributed by atoms with Gasteiger partial charge in [-0.05, 0) is 64.3 Å². The minimum atomic E-state index is 0.666. The lowest BCUT2D eigenvalue weighted by Crippen LogP contribution is -2.35. The minimum Gasteiger partial charge on any atom is -0.369 e. The predicted molar refractivity (Wildman–Crippen MR) is 123 cm³/mol. The molecule has 1 aliphatic rings. The molecule has 0 unspecified atom stereocenters. The fraction of sp³-hybridized carbons (Fsp3) is 0.478. The lowest BCUT2D eigenvalue weighted by molar-refractivity contribution is 0.181. The van der Waals surface area contributed by atoms with Crippen LogP contribution in [-0.2, 0) is 13.0 Å². The lowest BCUT2D eigenvalue weighted by Gasteiger charge is -2.31. The number of aryl methyl sites for hydroxylation is 2. The molecule has 7 heteroatoms. The summed E-state index contributed by atoms with van der Waals surface area (Å²) in [5.41, 5.74) is 4.31. The molecule has 0 saturated carbocycles. The van der Waals surface area contributed by atoms with Gasteiger partial charge in [-0.3, -0.25) is 9.88 Å².